The van der Waals surface area contributed by atoms with Crippen molar-refractivity contribution in [3.63, 3.8) is 0 Å². The van der Waals surface area contributed by atoms with Crippen LogP contribution in [-0.4, -0.2) is 20.2 Å². The van der Waals surface area contributed by atoms with Crippen LogP contribution < -0.4 is 0 Å². The SMILES string of the molecule is C/C(=N\N=C(/[S-])SCc1ccccc1)c1ccc(-c2ccccc2)cc1.C/C(=N\N=C(/[S-])SCc1ccccc1)c1ccc(-c2ccccc2)cc1.[Co+2]. The molecule has 0 aliphatic heterocycles. The van der Waals surface area contributed by atoms with Gasteiger partial charge in [0.05, 0.1) is 11.4 Å². The van der Waals surface area contributed by atoms with Gasteiger partial charge in [0.15, 0.2) is 0 Å². The maximum atomic E-state index is 5.30. The molecule has 0 heterocycles. The summed E-state index contributed by atoms with van der Waals surface area (Å²) in [5.41, 5.74) is 11.0. The predicted octanol–water partition coefficient (Wildman–Crippen LogP) is 11.8. The van der Waals surface area contributed by atoms with Crippen molar-refractivity contribution in [1.82, 2.24) is 0 Å². The third kappa shape index (κ3) is 14.2. The first-order chi connectivity index (χ1) is 25.4. The van der Waals surface area contributed by atoms with Gasteiger partial charge in [-0.2, -0.15) is 20.4 Å². The van der Waals surface area contributed by atoms with Crippen molar-refractivity contribution in [2.75, 3.05) is 0 Å². The van der Waals surface area contributed by atoms with Gasteiger partial charge in [-0.1, -0.05) is 170 Å². The van der Waals surface area contributed by atoms with E-state index in [0.717, 1.165) is 34.1 Å². The van der Waals surface area contributed by atoms with Crippen molar-refractivity contribution in [2.45, 2.75) is 25.4 Å². The molecule has 6 aromatic carbocycles. The van der Waals surface area contributed by atoms with E-state index in [1.54, 1.807) is 0 Å². The summed E-state index contributed by atoms with van der Waals surface area (Å²) in [6.07, 6.45) is 0. The van der Waals surface area contributed by atoms with Crippen molar-refractivity contribution < 1.29 is 16.8 Å². The number of rotatable bonds is 10. The standard InChI is InChI=1S/2C22H20N2S2.Co/c2*1-17(23-24-22(25)26-16-18-8-4-2-5-9-18)19-12-14-21(15-13-19)20-10-6-3-7-11-20;/h2*2-15H,16H2,1H3,(H,24,25);/q;;+2/p-2/b2*23-17+;. The molecule has 0 aromatic heterocycles. The van der Waals surface area contributed by atoms with Gasteiger partial charge in [-0.15, -0.1) is 23.5 Å². The molecular formula is C44H38CoN4S4. The zero-order valence-corrected chi connectivity index (χ0v) is 33.6. The molecule has 0 aliphatic rings. The van der Waals surface area contributed by atoms with E-state index in [9.17, 15) is 0 Å². The van der Waals surface area contributed by atoms with Crippen LogP contribution in [0.25, 0.3) is 22.3 Å². The molecule has 0 amide bonds. The van der Waals surface area contributed by atoms with E-state index in [1.807, 2.05) is 86.6 Å². The van der Waals surface area contributed by atoms with Crippen LogP contribution in [0.3, 0.4) is 0 Å². The van der Waals surface area contributed by atoms with Gasteiger partial charge < -0.3 is 25.3 Å². The minimum absolute atomic E-state index is 0. The molecule has 0 aliphatic carbocycles. The van der Waals surface area contributed by atoms with E-state index in [-0.39, 0.29) is 16.8 Å². The molecule has 1 radical (unpaired) electrons. The second-order valence-corrected chi connectivity index (χ2v) is 14.8. The van der Waals surface area contributed by atoms with Crippen LogP contribution in [0.5, 0.6) is 0 Å². The van der Waals surface area contributed by atoms with Gasteiger partial charge in [0.2, 0.25) is 0 Å². The van der Waals surface area contributed by atoms with Gasteiger partial charge in [-0.25, -0.2) is 0 Å². The van der Waals surface area contributed by atoms with E-state index >= 15 is 0 Å². The monoisotopic (exact) mass is 809 g/mol. The van der Waals surface area contributed by atoms with Crippen LogP contribution in [0, 0.1) is 0 Å². The molecule has 0 spiro atoms. The Bertz CT molecular complexity index is 1930. The number of hydrogen-bond donors (Lipinski definition) is 0. The first-order valence-electron chi connectivity index (χ1n) is 16.7. The summed E-state index contributed by atoms with van der Waals surface area (Å²) in [5, 5.41) is 16.9. The first-order valence-corrected chi connectivity index (χ1v) is 19.5. The second-order valence-electron chi connectivity index (χ2n) is 11.5. The van der Waals surface area contributed by atoms with Crippen LogP contribution >= 0.6 is 23.5 Å². The van der Waals surface area contributed by atoms with Gasteiger partial charge >= 0.3 is 16.8 Å². The molecule has 267 valence electrons. The molecule has 0 fully saturated rings. The molecule has 0 N–H and O–H groups in total. The summed E-state index contributed by atoms with van der Waals surface area (Å²) in [4.78, 5) is 0. The van der Waals surface area contributed by atoms with Crippen molar-refractivity contribution in [2.24, 2.45) is 20.4 Å². The minimum Gasteiger partial charge on any atom is -0.752 e. The van der Waals surface area contributed by atoms with E-state index in [4.69, 9.17) is 25.3 Å². The van der Waals surface area contributed by atoms with Crippen LogP contribution in [-0.2, 0) is 53.5 Å². The Kier molecular flexibility index (Phi) is 17.7. The Balaban J connectivity index is 0.000000232. The van der Waals surface area contributed by atoms with Crippen molar-refractivity contribution >= 4 is 69.0 Å². The Morgan fingerprint density at radius 3 is 1.00 bits per heavy atom. The number of thioether (sulfide) groups is 2. The van der Waals surface area contributed by atoms with Gasteiger partial charge in [0.25, 0.3) is 0 Å². The van der Waals surface area contributed by atoms with Gasteiger partial charge in [0, 0.05) is 11.5 Å². The molecular weight excluding hydrogens is 772 g/mol. The molecule has 4 nitrogen and oxygen atoms in total. The summed E-state index contributed by atoms with van der Waals surface area (Å²) < 4.78 is 1.10. The van der Waals surface area contributed by atoms with Crippen molar-refractivity contribution in [3.8, 4) is 22.3 Å². The summed E-state index contributed by atoms with van der Waals surface area (Å²) in [5.74, 6) is 1.62. The summed E-state index contributed by atoms with van der Waals surface area (Å²) in [6.45, 7) is 3.90. The van der Waals surface area contributed by atoms with Crippen molar-refractivity contribution in [3.05, 3.63) is 192 Å². The maximum Gasteiger partial charge on any atom is 2.00 e. The van der Waals surface area contributed by atoms with E-state index < -0.39 is 0 Å². The molecule has 0 atom stereocenters. The third-order valence-corrected chi connectivity index (χ3v) is 10.3. The summed E-state index contributed by atoms with van der Waals surface area (Å²) in [7, 11) is 0. The summed E-state index contributed by atoms with van der Waals surface area (Å²) >= 11 is 13.6. The van der Waals surface area contributed by atoms with E-state index in [0.29, 0.717) is 8.75 Å². The van der Waals surface area contributed by atoms with Crippen LogP contribution in [0.4, 0.5) is 0 Å². The fourth-order valence-electron chi connectivity index (χ4n) is 4.91. The van der Waals surface area contributed by atoms with Crippen LogP contribution in [0.15, 0.2) is 190 Å². The molecule has 53 heavy (non-hydrogen) atoms. The quantitative estimate of drug-likeness (QED) is 0.0599. The van der Waals surface area contributed by atoms with Crippen molar-refractivity contribution in [1.29, 1.82) is 0 Å². The third-order valence-electron chi connectivity index (χ3n) is 7.79. The molecule has 6 rings (SSSR count). The Morgan fingerprint density at radius 2 is 0.679 bits per heavy atom. The Morgan fingerprint density at radius 1 is 0.396 bits per heavy atom. The summed E-state index contributed by atoms with van der Waals surface area (Å²) in [6, 6.07) is 57.8. The molecule has 0 unspecified atom stereocenters. The zero-order valence-electron chi connectivity index (χ0n) is 29.3. The number of nitrogens with zero attached hydrogens (tertiary/aromatic N) is 4. The first kappa shape index (κ1) is 41.4. The predicted molar refractivity (Wildman–Crippen MR) is 233 cm³/mol. The fourth-order valence-corrected chi connectivity index (χ4v) is 6.51. The second kappa shape index (κ2) is 22.7. The number of benzene rings is 6. The number of hydrogen-bond acceptors (Lipinski definition) is 8. The minimum atomic E-state index is 0. The average molecular weight is 810 g/mol. The van der Waals surface area contributed by atoms with Gasteiger partial charge in [0.1, 0.15) is 0 Å². The van der Waals surface area contributed by atoms with E-state index in [1.165, 1.54) is 56.9 Å². The topological polar surface area (TPSA) is 49.4 Å². The Labute approximate surface area is 343 Å². The molecule has 0 bridgehead atoms. The molecule has 0 saturated carbocycles. The Hall–Kier alpha value is -4.35. The maximum absolute atomic E-state index is 5.30. The largest absolute Gasteiger partial charge is 2.00 e. The van der Waals surface area contributed by atoms with Gasteiger partial charge in [-0.05, 0) is 67.1 Å². The van der Waals surface area contributed by atoms with Crippen LogP contribution in [0.2, 0.25) is 0 Å². The fraction of sp³-hybridized carbons (Fsp3) is 0.0909. The smallest absolute Gasteiger partial charge is 0.752 e. The average Bonchev–Trinajstić information content (AvgIpc) is 3.22. The molecule has 0 saturated heterocycles. The zero-order chi connectivity index (χ0) is 36.4. The van der Waals surface area contributed by atoms with Crippen LogP contribution in [0.1, 0.15) is 36.1 Å². The molecule has 6 aromatic rings. The van der Waals surface area contributed by atoms with E-state index in [2.05, 4.69) is 117 Å². The molecule has 9 heteroatoms. The normalized spacial score (nSPS) is 12.0. The van der Waals surface area contributed by atoms with Gasteiger partial charge in [-0.3, -0.25) is 0 Å².